The van der Waals surface area contributed by atoms with Crippen LogP contribution in [0.1, 0.15) is 104 Å². The van der Waals surface area contributed by atoms with E-state index < -0.39 is 12.2 Å². The molecule has 0 unspecified atom stereocenters. The van der Waals surface area contributed by atoms with Gasteiger partial charge in [0.1, 0.15) is 13.2 Å². The molecule has 0 aliphatic carbocycles. The lowest BCUT2D eigenvalue weighted by Gasteiger charge is -2.09. The minimum Gasteiger partial charge on any atom is -0.463 e. The lowest BCUT2D eigenvalue weighted by Crippen LogP contribution is -2.38. The first-order chi connectivity index (χ1) is 24.8. The topological polar surface area (TPSA) is 221 Å². The third kappa shape index (κ3) is 35.6. The Kier molecular flexibility index (Phi) is 33.0. The molecule has 6 N–H and O–H groups in total. The molecule has 0 fully saturated rings. The molecule has 0 rings (SSSR count). The first-order valence-electron chi connectivity index (χ1n) is 18.5. The number of urea groups is 2. The molecule has 0 saturated carbocycles. The summed E-state index contributed by atoms with van der Waals surface area (Å²) < 4.78 is 25.7. The lowest BCUT2D eigenvalue weighted by molar-refractivity contribution is -0.146. The number of hydrogen-bond acceptors (Lipinski definition) is 11. The summed E-state index contributed by atoms with van der Waals surface area (Å²) >= 11 is 0. The second-order valence-electron chi connectivity index (χ2n) is 11.6. The number of unbranched alkanes of at least 4 members (excludes halogenated alkanes) is 6. The van der Waals surface area contributed by atoms with Gasteiger partial charge in [-0.3, -0.25) is 9.59 Å². The number of carbonyl (C=O) groups is 6. The fourth-order valence-electron chi connectivity index (χ4n) is 4.09. The van der Waals surface area contributed by atoms with Crippen LogP contribution in [0.3, 0.4) is 0 Å². The van der Waals surface area contributed by atoms with Gasteiger partial charge in [-0.2, -0.15) is 0 Å². The number of ether oxygens (including phenoxy) is 5. The van der Waals surface area contributed by atoms with Crippen molar-refractivity contribution >= 4 is 36.2 Å². The van der Waals surface area contributed by atoms with Gasteiger partial charge in [-0.15, -0.1) is 0 Å². The van der Waals surface area contributed by atoms with Crippen molar-refractivity contribution < 1.29 is 52.5 Å². The zero-order valence-electron chi connectivity index (χ0n) is 30.9. The molecule has 6 amide bonds. The van der Waals surface area contributed by atoms with Gasteiger partial charge < -0.3 is 55.6 Å². The number of esters is 2. The van der Waals surface area contributed by atoms with Crippen LogP contribution in [0.15, 0.2) is 0 Å². The maximum absolute atomic E-state index is 11.8. The molecule has 0 aromatic carbocycles. The molecule has 0 aliphatic heterocycles. The predicted octanol–water partition coefficient (Wildman–Crippen LogP) is 3.64. The van der Waals surface area contributed by atoms with E-state index in [1.54, 1.807) is 0 Å². The maximum atomic E-state index is 11.8. The van der Waals surface area contributed by atoms with Gasteiger partial charge in [0, 0.05) is 52.1 Å². The van der Waals surface area contributed by atoms with Crippen LogP contribution < -0.4 is 31.9 Å². The standard InChI is InChI=1S/C34H64N6O11/c1-3-17-35-31(43)36-19-9-10-20-37-32(44)38-21-11-12-22-40-34(46)51-24-14-6-8-16-30(42)49-28-26-47-25-27-48-29(41)15-7-5-13-23-50-33(45)39-18-4-2/h3-28H2,1-2H3,(H,39,45)(H,40,46)(H2,35,36,43)(H2,37,38,44). The number of hydrogen-bond donors (Lipinski definition) is 6. The highest BCUT2D eigenvalue weighted by Gasteiger charge is 2.07. The van der Waals surface area contributed by atoms with Crippen LogP contribution in [0, 0.1) is 0 Å². The third-order valence-electron chi connectivity index (χ3n) is 6.89. The van der Waals surface area contributed by atoms with Gasteiger partial charge in [0.25, 0.3) is 0 Å². The predicted molar refractivity (Wildman–Crippen MR) is 190 cm³/mol. The molecule has 51 heavy (non-hydrogen) atoms. The largest absolute Gasteiger partial charge is 0.463 e. The molecule has 0 aliphatic rings. The Morgan fingerprint density at radius 1 is 0.373 bits per heavy atom. The van der Waals surface area contributed by atoms with Gasteiger partial charge in [-0.05, 0) is 77.0 Å². The van der Waals surface area contributed by atoms with E-state index in [4.69, 9.17) is 23.7 Å². The molecule has 0 spiro atoms. The number of amides is 6. The lowest BCUT2D eigenvalue weighted by atomic mass is 10.2. The molecule has 0 aromatic heterocycles. The summed E-state index contributed by atoms with van der Waals surface area (Å²) in [5.41, 5.74) is 0. The van der Waals surface area contributed by atoms with Gasteiger partial charge >= 0.3 is 36.2 Å². The van der Waals surface area contributed by atoms with Crippen molar-refractivity contribution in [3.8, 4) is 0 Å². The Balaban J connectivity index is 3.44. The van der Waals surface area contributed by atoms with Crippen LogP contribution >= 0.6 is 0 Å². The second-order valence-corrected chi connectivity index (χ2v) is 11.6. The zero-order valence-corrected chi connectivity index (χ0v) is 30.9. The van der Waals surface area contributed by atoms with Crippen molar-refractivity contribution in [1.29, 1.82) is 0 Å². The van der Waals surface area contributed by atoms with Crippen molar-refractivity contribution in [2.75, 3.05) is 78.9 Å². The zero-order chi connectivity index (χ0) is 37.6. The van der Waals surface area contributed by atoms with E-state index in [0.717, 1.165) is 32.1 Å². The van der Waals surface area contributed by atoms with E-state index in [9.17, 15) is 28.8 Å². The number of nitrogens with one attached hydrogen (secondary N) is 6. The van der Waals surface area contributed by atoms with Gasteiger partial charge in [-0.1, -0.05) is 13.8 Å². The minimum atomic E-state index is -0.501. The van der Waals surface area contributed by atoms with Crippen LogP contribution in [0.4, 0.5) is 19.2 Å². The average molecular weight is 733 g/mol. The molecule has 0 radical (unpaired) electrons. The van der Waals surface area contributed by atoms with Crippen molar-refractivity contribution in [1.82, 2.24) is 31.9 Å². The van der Waals surface area contributed by atoms with Crippen molar-refractivity contribution in [2.24, 2.45) is 0 Å². The number of alkyl carbamates (subject to hydrolysis) is 2. The van der Waals surface area contributed by atoms with Crippen molar-refractivity contribution in [3.05, 3.63) is 0 Å². The van der Waals surface area contributed by atoms with Crippen LogP contribution in [0.5, 0.6) is 0 Å². The fourth-order valence-corrected chi connectivity index (χ4v) is 4.09. The van der Waals surface area contributed by atoms with E-state index in [1.165, 1.54) is 0 Å². The molecule has 0 heterocycles. The first kappa shape index (κ1) is 47.0. The van der Waals surface area contributed by atoms with E-state index in [2.05, 4.69) is 31.9 Å². The Labute approximate surface area is 303 Å². The first-order valence-corrected chi connectivity index (χ1v) is 18.5. The van der Waals surface area contributed by atoms with Gasteiger partial charge in [0.05, 0.1) is 26.4 Å². The van der Waals surface area contributed by atoms with Crippen LogP contribution in [0.25, 0.3) is 0 Å². The molecule has 296 valence electrons. The summed E-state index contributed by atoms with van der Waals surface area (Å²) in [5, 5.41) is 16.3. The Morgan fingerprint density at radius 3 is 1.18 bits per heavy atom. The molecular weight excluding hydrogens is 668 g/mol. The maximum Gasteiger partial charge on any atom is 0.407 e. The number of carbonyl (C=O) groups excluding carboxylic acids is 6. The summed E-state index contributed by atoms with van der Waals surface area (Å²) in [5.74, 6) is -0.648. The Hall–Kier alpha value is -4.02. The van der Waals surface area contributed by atoms with Crippen molar-refractivity contribution in [3.63, 3.8) is 0 Å². The van der Waals surface area contributed by atoms with Crippen LogP contribution in [-0.2, 0) is 33.3 Å². The van der Waals surface area contributed by atoms with E-state index in [0.29, 0.717) is 90.8 Å². The van der Waals surface area contributed by atoms with Gasteiger partial charge in [-0.25, -0.2) is 19.2 Å². The van der Waals surface area contributed by atoms with E-state index in [1.807, 2.05) is 13.8 Å². The van der Waals surface area contributed by atoms with Crippen LogP contribution in [0.2, 0.25) is 0 Å². The smallest absolute Gasteiger partial charge is 0.407 e. The normalized spacial score (nSPS) is 10.4. The molecule has 0 bridgehead atoms. The molecule has 0 aromatic rings. The summed E-state index contributed by atoms with van der Waals surface area (Å²) in [6, 6.07) is -0.420. The third-order valence-corrected chi connectivity index (χ3v) is 6.89. The second kappa shape index (κ2) is 35.8. The average Bonchev–Trinajstić information content (AvgIpc) is 3.11. The highest BCUT2D eigenvalue weighted by Crippen LogP contribution is 2.03. The Bertz CT molecular complexity index is 942. The molecule has 0 saturated heterocycles. The highest BCUT2D eigenvalue weighted by atomic mass is 16.6. The fraction of sp³-hybridized carbons (Fsp3) is 0.824. The van der Waals surface area contributed by atoms with Gasteiger partial charge in [0.15, 0.2) is 0 Å². The van der Waals surface area contributed by atoms with Gasteiger partial charge in [0.2, 0.25) is 0 Å². The monoisotopic (exact) mass is 732 g/mol. The highest BCUT2D eigenvalue weighted by molar-refractivity contribution is 5.74. The van der Waals surface area contributed by atoms with E-state index in [-0.39, 0.29) is 69.9 Å². The van der Waals surface area contributed by atoms with Crippen LogP contribution in [-0.4, -0.2) is 115 Å². The summed E-state index contributed by atoms with van der Waals surface area (Å²) in [7, 11) is 0. The molecule has 17 heteroatoms. The molecule has 17 nitrogen and oxygen atoms in total. The van der Waals surface area contributed by atoms with Crippen molar-refractivity contribution in [2.45, 2.75) is 104 Å². The summed E-state index contributed by atoms with van der Waals surface area (Å²) in [6.07, 6.45) is 8.26. The minimum absolute atomic E-state index is 0.110. The molecule has 0 atom stereocenters. The summed E-state index contributed by atoms with van der Waals surface area (Å²) in [4.78, 5) is 69.9. The Morgan fingerprint density at radius 2 is 0.745 bits per heavy atom. The summed E-state index contributed by atoms with van der Waals surface area (Å²) in [6.45, 7) is 8.36. The van der Waals surface area contributed by atoms with E-state index >= 15 is 0 Å². The number of rotatable bonds is 32. The SMILES string of the molecule is CCCNC(=O)NCCCCNC(=O)NCCCCNC(=O)OCCCCCC(=O)OCCOCCOC(=O)CCCCCOC(=O)NCCC. The molecular formula is C34H64N6O11. The quantitative estimate of drug-likeness (QED) is 0.0333.